The van der Waals surface area contributed by atoms with E-state index in [1.54, 1.807) is 7.05 Å². The van der Waals surface area contributed by atoms with E-state index in [1.165, 1.54) is 12.8 Å². The van der Waals surface area contributed by atoms with Gasteiger partial charge in [-0.05, 0) is 43.7 Å². The summed E-state index contributed by atoms with van der Waals surface area (Å²) in [4.78, 5) is 8.50. The number of halogens is 1. The Bertz CT molecular complexity index is 461. The zero-order valence-corrected chi connectivity index (χ0v) is 15.8. The molecule has 6 heteroatoms. The molecule has 1 aliphatic rings. The Morgan fingerprint density at radius 3 is 2.82 bits per heavy atom. The predicted molar refractivity (Wildman–Crippen MR) is 101 cm³/mol. The summed E-state index contributed by atoms with van der Waals surface area (Å²) in [5.74, 6) is 1.56. The summed E-state index contributed by atoms with van der Waals surface area (Å²) in [7, 11) is 1.78. The molecule has 22 heavy (non-hydrogen) atoms. The summed E-state index contributed by atoms with van der Waals surface area (Å²) in [6.07, 6.45) is 8.07. The molecule has 1 aromatic heterocycles. The minimum absolute atomic E-state index is 0. The van der Waals surface area contributed by atoms with E-state index in [0.29, 0.717) is 12.6 Å². The molecule has 2 rings (SSSR count). The Morgan fingerprint density at radius 2 is 2.14 bits per heavy atom. The van der Waals surface area contributed by atoms with E-state index in [1.807, 2.05) is 18.3 Å². The lowest BCUT2D eigenvalue weighted by atomic mass is 10.2. The van der Waals surface area contributed by atoms with Crippen molar-refractivity contribution in [3.8, 4) is 5.88 Å². The molecule has 0 unspecified atom stereocenters. The zero-order valence-electron chi connectivity index (χ0n) is 13.5. The van der Waals surface area contributed by atoms with Gasteiger partial charge in [0, 0.05) is 32.4 Å². The summed E-state index contributed by atoms with van der Waals surface area (Å²) in [6.45, 7) is 3.77. The second kappa shape index (κ2) is 10.6. The first-order chi connectivity index (χ1) is 10.3. The monoisotopic (exact) mass is 418 g/mol. The lowest BCUT2D eigenvalue weighted by Gasteiger charge is -2.14. The number of nitrogens with one attached hydrogen (secondary N) is 2. The van der Waals surface area contributed by atoms with E-state index in [0.717, 1.165) is 43.2 Å². The Hall–Kier alpha value is -1.05. The van der Waals surface area contributed by atoms with Gasteiger partial charge in [0.1, 0.15) is 6.10 Å². The number of nitrogens with zero attached hydrogens (tertiary/aromatic N) is 2. The molecule has 1 aromatic rings. The first-order valence-corrected chi connectivity index (χ1v) is 7.88. The standard InChI is InChI=1S/C16H26N4O.HI/c1-3-9-19-16(17-2)20-12-13-8-10-18-15(11-13)21-14-6-4-5-7-14;/h8,10-11,14H,3-7,9,12H2,1-2H3,(H2,17,19,20);1H. The van der Waals surface area contributed by atoms with Gasteiger partial charge < -0.3 is 15.4 Å². The molecule has 1 saturated carbocycles. The number of aromatic nitrogens is 1. The van der Waals surface area contributed by atoms with Gasteiger partial charge in [-0.15, -0.1) is 24.0 Å². The zero-order chi connectivity index (χ0) is 14.9. The average Bonchev–Trinajstić information content (AvgIpc) is 3.01. The fraction of sp³-hybridized carbons (Fsp3) is 0.625. The highest BCUT2D eigenvalue weighted by Crippen LogP contribution is 2.23. The number of hydrogen-bond donors (Lipinski definition) is 2. The van der Waals surface area contributed by atoms with Crippen LogP contribution in [0.2, 0.25) is 0 Å². The van der Waals surface area contributed by atoms with Crippen LogP contribution in [0.15, 0.2) is 23.3 Å². The molecule has 0 spiro atoms. The maximum Gasteiger partial charge on any atom is 0.213 e. The van der Waals surface area contributed by atoms with Gasteiger partial charge in [0.05, 0.1) is 0 Å². The smallest absolute Gasteiger partial charge is 0.213 e. The first-order valence-electron chi connectivity index (χ1n) is 7.88. The number of guanidine groups is 1. The highest BCUT2D eigenvalue weighted by molar-refractivity contribution is 14.0. The topological polar surface area (TPSA) is 58.5 Å². The average molecular weight is 418 g/mol. The molecule has 0 bridgehead atoms. The largest absolute Gasteiger partial charge is 0.474 e. The minimum Gasteiger partial charge on any atom is -0.474 e. The SMILES string of the molecule is CCCNC(=NC)NCc1ccnc(OC2CCCC2)c1.I. The van der Waals surface area contributed by atoms with Crippen LogP contribution in [0, 0.1) is 0 Å². The first kappa shape index (κ1) is 19.0. The third-order valence-corrected chi connectivity index (χ3v) is 3.61. The number of aliphatic imine (C=N–C) groups is 1. The second-order valence-electron chi connectivity index (χ2n) is 5.38. The van der Waals surface area contributed by atoms with Crippen molar-refractivity contribution in [1.82, 2.24) is 15.6 Å². The number of rotatable bonds is 6. The van der Waals surface area contributed by atoms with Gasteiger partial charge in [-0.25, -0.2) is 4.98 Å². The maximum atomic E-state index is 5.93. The van der Waals surface area contributed by atoms with Gasteiger partial charge in [0.15, 0.2) is 5.96 Å². The summed E-state index contributed by atoms with van der Waals surface area (Å²) in [5, 5.41) is 6.55. The molecule has 0 aliphatic heterocycles. The van der Waals surface area contributed by atoms with E-state index in [9.17, 15) is 0 Å². The van der Waals surface area contributed by atoms with Crippen LogP contribution in [-0.4, -0.2) is 30.6 Å². The van der Waals surface area contributed by atoms with Gasteiger partial charge in [0.25, 0.3) is 0 Å². The summed E-state index contributed by atoms with van der Waals surface area (Å²) in [6, 6.07) is 4.01. The number of pyridine rings is 1. The molecule has 5 nitrogen and oxygen atoms in total. The van der Waals surface area contributed by atoms with Crippen LogP contribution in [0.25, 0.3) is 0 Å². The van der Waals surface area contributed by atoms with Gasteiger partial charge >= 0.3 is 0 Å². The van der Waals surface area contributed by atoms with Gasteiger partial charge in [-0.1, -0.05) is 6.92 Å². The van der Waals surface area contributed by atoms with Crippen molar-refractivity contribution in [3.63, 3.8) is 0 Å². The second-order valence-corrected chi connectivity index (χ2v) is 5.38. The molecule has 0 aromatic carbocycles. The van der Waals surface area contributed by atoms with Crippen LogP contribution in [-0.2, 0) is 6.54 Å². The Morgan fingerprint density at radius 1 is 1.36 bits per heavy atom. The predicted octanol–water partition coefficient (Wildman–Crippen LogP) is 3.10. The summed E-state index contributed by atoms with van der Waals surface area (Å²) in [5.41, 5.74) is 1.15. The summed E-state index contributed by atoms with van der Waals surface area (Å²) < 4.78 is 5.93. The van der Waals surface area contributed by atoms with Gasteiger partial charge in [-0.3, -0.25) is 4.99 Å². The minimum atomic E-state index is 0. The maximum absolute atomic E-state index is 5.93. The molecule has 0 radical (unpaired) electrons. The molecule has 1 heterocycles. The van der Waals surface area contributed by atoms with Crippen molar-refractivity contribution in [2.75, 3.05) is 13.6 Å². The van der Waals surface area contributed by atoms with Crippen LogP contribution in [0.5, 0.6) is 5.88 Å². The third-order valence-electron chi connectivity index (χ3n) is 3.61. The van der Waals surface area contributed by atoms with Crippen LogP contribution < -0.4 is 15.4 Å². The molecule has 0 atom stereocenters. The lowest BCUT2D eigenvalue weighted by molar-refractivity contribution is 0.201. The highest BCUT2D eigenvalue weighted by atomic mass is 127. The van der Waals surface area contributed by atoms with Gasteiger partial charge in [0.2, 0.25) is 5.88 Å². The van der Waals surface area contributed by atoms with Crippen LogP contribution in [0.4, 0.5) is 0 Å². The van der Waals surface area contributed by atoms with Crippen LogP contribution in [0.1, 0.15) is 44.6 Å². The molecule has 0 amide bonds. The van der Waals surface area contributed by atoms with Crippen molar-refractivity contribution in [1.29, 1.82) is 0 Å². The van der Waals surface area contributed by atoms with Crippen molar-refractivity contribution >= 4 is 29.9 Å². The molecule has 2 N–H and O–H groups in total. The Labute approximate surface area is 150 Å². The van der Waals surface area contributed by atoms with Crippen molar-refractivity contribution < 1.29 is 4.74 Å². The lowest BCUT2D eigenvalue weighted by Crippen LogP contribution is -2.37. The van der Waals surface area contributed by atoms with Gasteiger partial charge in [-0.2, -0.15) is 0 Å². The fourth-order valence-electron chi connectivity index (χ4n) is 2.45. The summed E-state index contributed by atoms with van der Waals surface area (Å²) >= 11 is 0. The quantitative estimate of drug-likeness (QED) is 0.424. The van der Waals surface area contributed by atoms with E-state index < -0.39 is 0 Å². The van der Waals surface area contributed by atoms with Crippen molar-refractivity contribution in [2.24, 2.45) is 4.99 Å². The molecule has 124 valence electrons. The highest BCUT2D eigenvalue weighted by Gasteiger charge is 2.16. The molecule has 1 aliphatic carbocycles. The van der Waals surface area contributed by atoms with Crippen LogP contribution >= 0.6 is 24.0 Å². The van der Waals surface area contributed by atoms with E-state index in [2.05, 4.69) is 27.5 Å². The van der Waals surface area contributed by atoms with E-state index in [-0.39, 0.29) is 24.0 Å². The number of hydrogen-bond acceptors (Lipinski definition) is 3. The van der Waals surface area contributed by atoms with Crippen molar-refractivity contribution in [2.45, 2.75) is 51.7 Å². The molecule has 1 fully saturated rings. The van der Waals surface area contributed by atoms with Crippen LogP contribution in [0.3, 0.4) is 0 Å². The van der Waals surface area contributed by atoms with E-state index in [4.69, 9.17) is 4.74 Å². The molecular weight excluding hydrogens is 391 g/mol. The van der Waals surface area contributed by atoms with Crippen molar-refractivity contribution in [3.05, 3.63) is 23.9 Å². The number of ether oxygens (including phenoxy) is 1. The Kier molecular flexibility index (Phi) is 9.19. The molecular formula is C16H27IN4O. The fourth-order valence-corrected chi connectivity index (χ4v) is 2.45. The third kappa shape index (κ3) is 6.37. The normalized spacial score (nSPS) is 15.3. The van der Waals surface area contributed by atoms with E-state index >= 15 is 0 Å². The molecule has 0 saturated heterocycles. The Balaban J connectivity index is 0.00000242.